The highest BCUT2D eigenvalue weighted by molar-refractivity contribution is 7.22. The minimum absolute atomic E-state index is 0.364. The Kier molecular flexibility index (Phi) is 2.84. The maximum Gasteiger partial charge on any atom is 0.507 e. The molecule has 0 amide bonds. The second kappa shape index (κ2) is 3.79. The Morgan fingerprint density at radius 2 is 1.88 bits per heavy atom. The Bertz CT molecular complexity index is 378. The van der Waals surface area contributed by atoms with Gasteiger partial charge in [0.25, 0.3) is 0 Å². The van der Waals surface area contributed by atoms with Gasteiger partial charge in [-0.1, -0.05) is 0 Å². The first-order chi connectivity index (χ1) is 7.36. The summed E-state index contributed by atoms with van der Waals surface area (Å²) in [6, 6.07) is 0. The average Bonchev–Trinajstić information content (AvgIpc) is 2.70. The number of aromatic nitrogens is 1. The van der Waals surface area contributed by atoms with Crippen LogP contribution >= 0.6 is 11.3 Å². The highest BCUT2D eigenvalue weighted by atomic mass is 32.1. The van der Waals surface area contributed by atoms with E-state index in [4.69, 9.17) is 9.31 Å². The largest absolute Gasteiger partial charge is 0.507 e. The van der Waals surface area contributed by atoms with Gasteiger partial charge >= 0.3 is 7.12 Å². The number of halogens is 1. The van der Waals surface area contributed by atoms with E-state index in [-0.39, 0.29) is 11.2 Å². The van der Waals surface area contributed by atoms with E-state index in [1.165, 1.54) is 11.3 Å². The van der Waals surface area contributed by atoms with E-state index in [1.807, 2.05) is 27.7 Å². The van der Waals surface area contributed by atoms with Crippen molar-refractivity contribution in [2.75, 3.05) is 0 Å². The lowest BCUT2D eigenvalue weighted by atomic mass is 9.89. The Hall–Kier alpha value is -0.455. The number of alkyl halides is 1. The summed E-state index contributed by atoms with van der Waals surface area (Å²) in [7, 11) is -0.428. The molecule has 0 spiro atoms. The highest BCUT2D eigenvalue weighted by Gasteiger charge is 2.52. The van der Waals surface area contributed by atoms with E-state index >= 15 is 0 Å². The Balaban J connectivity index is 2.20. The Morgan fingerprint density at radius 3 is 2.31 bits per heavy atom. The molecule has 1 fully saturated rings. The van der Waals surface area contributed by atoms with Crippen LogP contribution in [0.2, 0.25) is 0 Å². The minimum atomic E-state index is -0.538. The molecule has 2 rings (SSSR count). The molecule has 0 saturated carbocycles. The maximum atomic E-state index is 12.4. The molecule has 3 nitrogen and oxygen atoms in total. The molecule has 0 aliphatic carbocycles. The SMILES string of the molecule is CC1(C)OB(c2cnc(CF)s2)OC1(C)C. The van der Waals surface area contributed by atoms with Gasteiger partial charge in [0.05, 0.1) is 16.0 Å². The van der Waals surface area contributed by atoms with E-state index in [0.29, 0.717) is 5.01 Å². The zero-order chi connectivity index (χ0) is 12.0. The van der Waals surface area contributed by atoms with Crippen molar-refractivity contribution >= 4 is 23.2 Å². The molecule has 1 aromatic heterocycles. The first-order valence-electron chi connectivity index (χ1n) is 5.22. The van der Waals surface area contributed by atoms with Gasteiger partial charge in [-0.2, -0.15) is 0 Å². The molecule has 88 valence electrons. The fourth-order valence-electron chi connectivity index (χ4n) is 1.45. The van der Waals surface area contributed by atoms with E-state index in [1.54, 1.807) is 6.20 Å². The van der Waals surface area contributed by atoms with Crippen LogP contribution in [0.4, 0.5) is 4.39 Å². The molecular weight excluding hydrogens is 228 g/mol. The molecule has 1 aromatic rings. The third-order valence-corrected chi connectivity index (χ3v) is 4.16. The summed E-state index contributed by atoms with van der Waals surface area (Å²) in [5, 5.41) is 0.463. The fraction of sp³-hybridized carbons (Fsp3) is 0.700. The van der Waals surface area contributed by atoms with Crippen LogP contribution in [0.15, 0.2) is 6.20 Å². The van der Waals surface area contributed by atoms with E-state index in [0.717, 1.165) is 4.78 Å². The second-order valence-electron chi connectivity index (χ2n) is 4.88. The summed E-state index contributed by atoms with van der Waals surface area (Å²) >= 11 is 1.30. The lowest BCUT2D eigenvalue weighted by Gasteiger charge is -2.32. The molecule has 16 heavy (non-hydrogen) atoms. The molecule has 1 aliphatic heterocycles. The summed E-state index contributed by atoms with van der Waals surface area (Å²) in [6.07, 6.45) is 1.63. The van der Waals surface area contributed by atoms with Crippen molar-refractivity contribution in [1.29, 1.82) is 0 Å². The zero-order valence-corrected chi connectivity index (χ0v) is 10.7. The topological polar surface area (TPSA) is 31.4 Å². The molecule has 0 N–H and O–H groups in total. The van der Waals surface area contributed by atoms with E-state index in [9.17, 15) is 4.39 Å². The first-order valence-corrected chi connectivity index (χ1v) is 6.03. The molecule has 1 aliphatic rings. The van der Waals surface area contributed by atoms with Crippen molar-refractivity contribution in [3.63, 3.8) is 0 Å². The number of rotatable bonds is 2. The molecule has 6 heteroatoms. The number of hydrogen-bond donors (Lipinski definition) is 0. The number of hydrogen-bond acceptors (Lipinski definition) is 4. The van der Waals surface area contributed by atoms with Crippen LogP contribution in [0.25, 0.3) is 0 Å². The lowest BCUT2D eigenvalue weighted by molar-refractivity contribution is 0.00578. The standard InChI is InChI=1S/C10H15BFNO2S/c1-9(2)10(3,4)15-11(14-9)7-6-13-8(5-12)16-7/h6H,5H2,1-4H3. The summed E-state index contributed by atoms with van der Waals surface area (Å²) in [5.41, 5.74) is -0.727. The molecular formula is C10H15BFNO2S. The zero-order valence-electron chi connectivity index (χ0n) is 9.91. The quantitative estimate of drug-likeness (QED) is 0.743. The average molecular weight is 243 g/mol. The maximum absolute atomic E-state index is 12.4. The lowest BCUT2D eigenvalue weighted by Crippen LogP contribution is -2.41. The summed E-state index contributed by atoms with van der Waals surface area (Å²) in [5.74, 6) is 0. The van der Waals surface area contributed by atoms with Crippen LogP contribution in [0.1, 0.15) is 32.7 Å². The Morgan fingerprint density at radius 1 is 1.31 bits per heavy atom. The predicted octanol–water partition coefficient (Wildman–Crippen LogP) is 1.91. The number of nitrogens with zero attached hydrogens (tertiary/aromatic N) is 1. The molecule has 0 radical (unpaired) electrons. The molecule has 0 aromatic carbocycles. The van der Waals surface area contributed by atoms with Gasteiger partial charge in [-0.25, -0.2) is 9.37 Å². The van der Waals surface area contributed by atoms with Gasteiger partial charge in [0, 0.05) is 6.20 Å². The van der Waals surface area contributed by atoms with Gasteiger partial charge in [-0.05, 0) is 27.7 Å². The van der Waals surface area contributed by atoms with Crippen LogP contribution in [-0.2, 0) is 16.0 Å². The van der Waals surface area contributed by atoms with E-state index < -0.39 is 13.8 Å². The monoisotopic (exact) mass is 243 g/mol. The highest BCUT2D eigenvalue weighted by Crippen LogP contribution is 2.36. The van der Waals surface area contributed by atoms with Crippen LogP contribution in [-0.4, -0.2) is 23.3 Å². The molecule has 0 bridgehead atoms. The molecule has 0 unspecified atom stereocenters. The van der Waals surface area contributed by atoms with Gasteiger partial charge in [-0.3, -0.25) is 0 Å². The van der Waals surface area contributed by atoms with Crippen molar-refractivity contribution in [2.45, 2.75) is 45.6 Å². The van der Waals surface area contributed by atoms with Crippen molar-refractivity contribution in [2.24, 2.45) is 0 Å². The normalized spacial score (nSPS) is 22.7. The summed E-state index contributed by atoms with van der Waals surface area (Å²) < 4.78 is 24.9. The van der Waals surface area contributed by atoms with Crippen molar-refractivity contribution in [1.82, 2.24) is 4.98 Å². The van der Waals surface area contributed by atoms with Crippen molar-refractivity contribution in [3.8, 4) is 0 Å². The van der Waals surface area contributed by atoms with Crippen LogP contribution in [0.5, 0.6) is 0 Å². The smallest absolute Gasteiger partial charge is 0.399 e. The summed E-state index contributed by atoms with van der Waals surface area (Å²) in [4.78, 5) is 3.96. The number of thiazole rings is 1. The van der Waals surface area contributed by atoms with Crippen molar-refractivity contribution < 1.29 is 13.7 Å². The van der Waals surface area contributed by atoms with Gasteiger partial charge in [-0.15, -0.1) is 11.3 Å². The second-order valence-corrected chi connectivity index (χ2v) is 6.03. The van der Waals surface area contributed by atoms with E-state index in [2.05, 4.69) is 4.98 Å². The van der Waals surface area contributed by atoms with Crippen LogP contribution < -0.4 is 4.78 Å². The first kappa shape index (κ1) is 12.0. The van der Waals surface area contributed by atoms with Crippen LogP contribution in [0.3, 0.4) is 0 Å². The minimum Gasteiger partial charge on any atom is -0.399 e. The third-order valence-electron chi connectivity index (χ3n) is 3.17. The molecule has 2 heterocycles. The molecule has 0 atom stereocenters. The third kappa shape index (κ3) is 1.89. The fourth-order valence-corrected chi connectivity index (χ4v) is 2.18. The van der Waals surface area contributed by atoms with Gasteiger partial charge in [0.15, 0.2) is 0 Å². The van der Waals surface area contributed by atoms with Gasteiger partial charge < -0.3 is 9.31 Å². The van der Waals surface area contributed by atoms with Crippen molar-refractivity contribution in [3.05, 3.63) is 11.2 Å². The molecule has 1 saturated heterocycles. The predicted molar refractivity (Wildman–Crippen MR) is 62.6 cm³/mol. The Labute approximate surface area is 99.1 Å². The summed E-state index contributed by atoms with van der Waals surface area (Å²) in [6.45, 7) is 7.42. The van der Waals surface area contributed by atoms with Gasteiger partial charge in [0.1, 0.15) is 11.7 Å². The van der Waals surface area contributed by atoms with Crippen LogP contribution in [0, 0.1) is 0 Å². The van der Waals surface area contributed by atoms with Gasteiger partial charge in [0.2, 0.25) is 0 Å².